The van der Waals surface area contributed by atoms with Gasteiger partial charge in [0.2, 0.25) is 18.0 Å². The number of aromatic nitrogens is 1. The molecule has 5 nitrogen and oxygen atoms in total. The minimum absolute atomic E-state index is 0.199. The van der Waals surface area contributed by atoms with Crippen LogP contribution in [0.15, 0.2) is 47.7 Å². The normalized spacial score (nSPS) is 17.1. The highest BCUT2D eigenvalue weighted by molar-refractivity contribution is 6.30. The number of ether oxygens (including phenoxy) is 1. The van der Waals surface area contributed by atoms with Crippen molar-refractivity contribution in [1.29, 1.82) is 0 Å². The summed E-state index contributed by atoms with van der Waals surface area (Å²) in [6.45, 7) is 3.35. The molecule has 1 amide bonds. The standard InChI is InChI=1S/C16H14ClN3O2/c1-10-3-4-13(9-18-10)15-19-20(11(2)21)16(22-15)12-5-7-14(17)8-6-12/h3-9,16H,1-2H3. The molecule has 0 N–H and O–H groups in total. The summed E-state index contributed by atoms with van der Waals surface area (Å²) in [4.78, 5) is 16.0. The van der Waals surface area contributed by atoms with Crippen LogP contribution in [-0.2, 0) is 9.53 Å². The third-order valence-corrected chi connectivity index (χ3v) is 3.53. The molecule has 1 aliphatic rings. The van der Waals surface area contributed by atoms with Crippen LogP contribution < -0.4 is 0 Å². The van der Waals surface area contributed by atoms with Crippen molar-refractivity contribution in [2.45, 2.75) is 20.1 Å². The zero-order chi connectivity index (χ0) is 15.7. The highest BCUT2D eigenvalue weighted by Gasteiger charge is 2.33. The molecule has 0 radical (unpaired) electrons. The zero-order valence-corrected chi connectivity index (χ0v) is 12.9. The Labute approximate surface area is 133 Å². The molecule has 1 aromatic heterocycles. The number of amides is 1. The SMILES string of the molecule is CC(=O)N1N=C(c2ccc(C)nc2)OC1c1ccc(Cl)cc1. The molecule has 1 atom stereocenters. The Balaban J connectivity index is 1.92. The van der Waals surface area contributed by atoms with Crippen molar-refractivity contribution in [3.63, 3.8) is 0 Å². The van der Waals surface area contributed by atoms with Crippen LogP contribution >= 0.6 is 11.6 Å². The quantitative estimate of drug-likeness (QED) is 0.854. The van der Waals surface area contributed by atoms with E-state index in [0.717, 1.165) is 16.8 Å². The van der Waals surface area contributed by atoms with Gasteiger partial charge in [-0.05, 0) is 31.2 Å². The van der Waals surface area contributed by atoms with Gasteiger partial charge in [0, 0.05) is 29.4 Å². The topological polar surface area (TPSA) is 54.8 Å². The van der Waals surface area contributed by atoms with E-state index in [2.05, 4.69) is 10.1 Å². The van der Waals surface area contributed by atoms with Crippen molar-refractivity contribution in [2.24, 2.45) is 5.10 Å². The molecular weight excluding hydrogens is 302 g/mol. The Hall–Kier alpha value is -2.40. The second kappa shape index (κ2) is 5.77. The van der Waals surface area contributed by atoms with Gasteiger partial charge in [0.05, 0.1) is 5.56 Å². The first kappa shape index (κ1) is 14.5. The van der Waals surface area contributed by atoms with E-state index in [4.69, 9.17) is 16.3 Å². The number of halogens is 1. The molecule has 0 saturated carbocycles. The van der Waals surface area contributed by atoms with Gasteiger partial charge < -0.3 is 4.74 Å². The number of hydrogen-bond acceptors (Lipinski definition) is 4. The number of hydrogen-bond donors (Lipinski definition) is 0. The van der Waals surface area contributed by atoms with E-state index < -0.39 is 6.23 Å². The maximum atomic E-state index is 11.8. The lowest BCUT2D eigenvalue weighted by Crippen LogP contribution is -2.25. The van der Waals surface area contributed by atoms with E-state index in [0.29, 0.717) is 10.9 Å². The van der Waals surface area contributed by atoms with Crippen LogP contribution in [0.25, 0.3) is 0 Å². The minimum Gasteiger partial charge on any atom is -0.446 e. The molecule has 0 spiro atoms. The molecule has 0 bridgehead atoms. The van der Waals surface area contributed by atoms with Crippen LogP contribution in [0.5, 0.6) is 0 Å². The maximum absolute atomic E-state index is 11.8. The van der Waals surface area contributed by atoms with Gasteiger partial charge in [0.15, 0.2) is 0 Å². The second-order valence-corrected chi connectivity index (χ2v) is 5.42. The molecule has 112 valence electrons. The number of pyridine rings is 1. The fraction of sp³-hybridized carbons (Fsp3) is 0.188. The maximum Gasteiger partial charge on any atom is 0.243 e. The summed E-state index contributed by atoms with van der Waals surface area (Å²) in [5.74, 6) is 0.178. The molecule has 2 heterocycles. The number of carbonyl (C=O) groups excluding carboxylic acids is 1. The lowest BCUT2D eigenvalue weighted by atomic mass is 10.2. The Morgan fingerprint density at radius 1 is 1.23 bits per heavy atom. The Morgan fingerprint density at radius 3 is 2.55 bits per heavy atom. The number of benzene rings is 1. The van der Waals surface area contributed by atoms with Gasteiger partial charge in [0.25, 0.3) is 0 Å². The summed E-state index contributed by atoms with van der Waals surface area (Å²) in [6.07, 6.45) is 1.09. The predicted molar refractivity (Wildman–Crippen MR) is 83.3 cm³/mol. The first-order valence-electron chi connectivity index (χ1n) is 6.78. The van der Waals surface area contributed by atoms with Gasteiger partial charge in [-0.25, -0.2) is 0 Å². The highest BCUT2D eigenvalue weighted by Crippen LogP contribution is 2.30. The van der Waals surface area contributed by atoms with Crippen LogP contribution in [0.4, 0.5) is 0 Å². The Bertz CT molecular complexity index is 726. The highest BCUT2D eigenvalue weighted by atomic mass is 35.5. The lowest BCUT2D eigenvalue weighted by Gasteiger charge is -2.19. The van der Waals surface area contributed by atoms with Crippen molar-refractivity contribution < 1.29 is 9.53 Å². The minimum atomic E-state index is -0.592. The lowest BCUT2D eigenvalue weighted by molar-refractivity contribution is -0.135. The number of nitrogens with zero attached hydrogens (tertiary/aromatic N) is 3. The molecule has 0 saturated heterocycles. The summed E-state index contributed by atoms with van der Waals surface area (Å²) >= 11 is 5.90. The van der Waals surface area contributed by atoms with Gasteiger partial charge in [-0.1, -0.05) is 23.7 Å². The molecule has 22 heavy (non-hydrogen) atoms. The van der Waals surface area contributed by atoms with Crippen molar-refractivity contribution in [1.82, 2.24) is 9.99 Å². The van der Waals surface area contributed by atoms with Crippen LogP contribution in [0.2, 0.25) is 5.02 Å². The van der Waals surface area contributed by atoms with Gasteiger partial charge in [-0.2, -0.15) is 5.01 Å². The van der Waals surface area contributed by atoms with E-state index in [9.17, 15) is 4.79 Å². The van der Waals surface area contributed by atoms with E-state index in [1.165, 1.54) is 11.9 Å². The summed E-state index contributed by atoms with van der Waals surface area (Å²) in [5, 5.41) is 6.22. The summed E-state index contributed by atoms with van der Waals surface area (Å²) < 4.78 is 5.86. The molecule has 0 aliphatic carbocycles. The third kappa shape index (κ3) is 2.80. The molecule has 0 fully saturated rings. The molecule has 1 aromatic carbocycles. The molecule has 1 aliphatic heterocycles. The second-order valence-electron chi connectivity index (χ2n) is 4.98. The first-order valence-corrected chi connectivity index (χ1v) is 7.16. The Kier molecular flexibility index (Phi) is 3.81. The fourth-order valence-corrected chi connectivity index (χ4v) is 2.25. The fourth-order valence-electron chi connectivity index (χ4n) is 2.12. The van der Waals surface area contributed by atoms with Crippen molar-refractivity contribution in [3.8, 4) is 0 Å². The van der Waals surface area contributed by atoms with Gasteiger partial charge >= 0.3 is 0 Å². The van der Waals surface area contributed by atoms with Gasteiger partial charge in [0.1, 0.15) is 0 Å². The van der Waals surface area contributed by atoms with E-state index in [-0.39, 0.29) is 5.91 Å². The Morgan fingerprint density at radius 2 is 1.95 bits per heavy atom. The summed E-state index contributed by atoms with van der Waals surface area (Å²) in [5.41, 5.74) is 2.44. The predicted octanol–water partition coefficient (Wildman–Crippen LogP) is 3.28. The smallest absolute Gasteiger partial charge is 0.243 e. The average molecular weight is 316 g/mol. The van der Waals surface area contributed by atoms with E-state index in [1.807, 2.05) is 31.2 Å². The van der Waals surface area contributed by atoms with Gasteiger partial charge in [-0.3, -0.25) is 9.78 Å². The number of rotatable bonds is 2. The molecule has 2 aromatic rings. The first-order chi connectivity index (χ1) is 10.5. The van der Waals surface area contributed by atoms with Crippen LogP contribution in [0, 0.1) is 6.92 Å². The van der Waals surface area contributed by atoms with Crippen LogP contribution in [-0.4, -0.2) is 21.8 Å². The van der Waals surface area contributed by atoms with Crippen LogP contribution in [0.3, 0.4) is 0 Å². The van der Waals surface area contributed by atoms with Gasteiger partial charge in [-0.15, -0.1) is 5.10 Å². The van der Waals surface area contributed by atoms with Crippen molar-refractivity contribution in [2.75, 3.05) is 0 Å². The van der Waals surface area contributed by atoms with E-state index >= 15 is 0 Å². The third-order valence-electron chi connectivity index (χ3n) is 3.28. The average Bonchev–Trinajstić information content (AvgIpc) is 2.94. The van der Waals surface area contributed by atoms with Crippen LogP contribution in [0.1, 0.15) is 30.0 Å². The monoisotopic (exact) mass is 315 g/mol. The van der Waals surface area contributed by atoms with E-state index in [1.54, 1.807) is 18.3 Å². The van der Waals surface area contributed by atoms with Crippen molar-refractivity contribution >= 4 is 23.4 Å². The number of hydrazone groups is 1. The number of aryl methyl sites for hydroxylation is 1. The van der Waals surface area contributed by atoms with Crippen molar-refractivity contribution in [3.05, 3.63) is 64.4 Å². The summed E-state index contributed by atoms with van der Waals surface area (Å²) in [6, 6.07) is 10.9. The molecule has 3 rings (SSSR count). The number of carbonyl (C=O) groups is 1. The molecular formula is C16H14ClN3O2. The zero-order valence-electron chi connectivity index (χ0n) is 12.2. The largest absolute Gasteiger partial charge is 0.446 e. The summed E-state index contributed by atoms with van der Waals surface area (Å²) in [7, 11) is 0. The molecule has 1 unspecified atom stereocenters. The molecule has 6 heteroatoms.